The van der Waals surface area contributed by atoms with Crippen molar-refractivity contribution in [3.8, 4) is 5.75 Å². The second-order valence-corrected chi connectivity index (χ2v) is 2.89. The Morgan fingerprint density at radius 1 is 1.54 bits per heavy atom. The Balaban J connectivity index is 2.60. The van der Waals surface area contributed by atoms with Gasteiger partial charge in [0.05, 0.1) is 12.8 Å². The number of hydrogen-bond acceptors (Lipinski definition) is 3. The second-order valence-electron chi connectivity index (χ2n) is 2.89. The summed E-state index contributed by atoms with van der Waals surface area (Å²) >= 11 is 0. The fourth-order valence-corrected chi connectivity index (χ4v) is 1.49. The Kier molecular flexibility index (Phi) is 1.62. The fraction of sp³-hybridized carbons (Fsp3) is 0.222. The van der Waals surface area contributed by atoms with Crippen LogP contribution in [0.15, 0.2) is 12.1 Å². The maximum atomic E-state index is 11.2. The molecule has 2 rings (SSSR count). The molecule has 4 nitrogen and oxygen atoms in total. The van der Waals surface area contributed by atoms with Gasteiger partial charge in [-0.2, -0.15) is 0 Å². The first-order chi connectivity index (χ1) is 6.24. The summed E-state index contributed by atoms with van der Waals surface area (Å²) in [5, 5.41) is 2.70. The van der Waals surface area contributed by atoms with E-state index in [1.807, 2.05) is 0 Å². The van der Waals surface area contributed by atoms with Gasteiger partial charge in [0.25, 0.3) is 5.91 Å². The molecular weight excluding hydrogens is 168 g/mol. The average Bonchev–Trinajstić information content (AvgIpc) is 2.50. The zero-order valence-corrected chi connectivity index (χ0v) is 7.26. The quantitative estimate of drug-likeness (QED) is 0.616. The molecule has 0 saturated carbocycles. The van der Waals surface area contributed by atoms with E-state index in [2.05, 4.69) is 5.32 Å². The summed E-state index contributed by atoms with van der Waals surface area (Å²) < 4.78 is 5.04. The standard InChI is InChI=1S/C9H10N2O2/c1-13-7-3-2-5-6(8(7)10)4-11-9(5)12/h2-3H,4,10H2,1H3,(H,11,12). The van der Waals surface area contributed by atoms with Crippen LogP contribution in [0, 0.1) is 0 Å². The maximum absolute atomic E-state index is 11.2. The highest BCUT2D eigenvalue weighted by molar-refractivity contribution is 6.00. The zero-order valence-electron chi connectivity index (χ0n) is 7.26. The van der Waals surface area contributed by atoms with Crippen LogP contribution in [-0.4, -0.2) is 13.0 Å². The minimum atomic E-state index is -0.0654. The molecule has 68 valence electrons. The predicted molar refractivity (Wildman–Crippen MR) is 48.6 cm³/mol. The van der Waals surface area contributed by atoms with Crippen molar-refractivity contribution in [1.29, 1.82) is 0 Å². The van der Waals surface area contributed by atoms with E-state index >= 15 is 0 Å². The van der Waals surface area contributed by atoms with Gasteiger partial charge in [-0.1, -0.05) is 0 Å². The minimum absolute atomic E-state index is 0.0654. The number of ether oxygens (including phenoxy) is 1. The molecule has 1 amide bonds. The Labute approximate surface area is 75.7 Å². The van der Waals surface area contributed by atoms with E-state index in [0.717, 1.165) is 5.56 Å². The van der Waals surface area contributed by atoms with Crippen LogP contribution in [0.4, 0.5) is 5.69 Å². The summed E-state index contributed by atoms with van der Waals surface area (Å²) in [6, 6.07) is 3.44. The lowest BCUT2D eigenvalue weighted by Crippen LogP contribution is -2.12. The number of nitrogen functional groups attached to an aromatic ring is 1. The summed E-state index contributed by atoms with van der Waals surface area (Å²) in [4.78, 5) is 11.2. The van der Waals surface area contributed by atoms with Crippen LogP contribution >= 0.6 is 0 Å². The van der Waals surface area contributed by atoms with E-state index < -0.39 is 0 Å². The molecule has 0 unspecified atom stereocenters. The topological polar surface area (TPSA) is 64.3 Å². The molecule has 0 atom stereocenters. The molecule has 0 aliphatic carbocycles. The van der Waals surface area contributed by atoms with Gasteiger partial charge in [-0.25, -0.2) is 0 Å². The van der Waals surface area contributed by atoms with Crippen LogP contribution in [-0.2, 0) is 6.54 Å². The number of methoxy groups -OCH3 is 1. The molecule has 4 heteroatoms. The first-order valence-corrected chi connectivity index (χ1v) is 3.97. The van der Waals surface area contributed by atoms with Crippen LogP contribution in [0.2, 0.25) is 0 Å². The third-order valence-electron chi connectivity index (χ3n) is 2.21. The van der Waals surface area contributed by atoms with Crippen molar-refractivity contribution in [1.82, 2.24) is 5.32 Å². The Morgan fingerprint density at radius 2 is 2.31 bits per heavy atom. The number of nitrogens with one attached hydrogen (secondary N) is 1. The first-order valence-electron chi connectivity index (χ1n) is 3.97. The third-order valence-corrected chi connectivity index (χ3v) is 2.21. The lowest BCUT2D eigenvalue weighted by molar-refractivity contribution is 0.0966. The average molecular weight is 178 g/mol. The molecule has 0 spiro atoms. The van der Waals surface area contributed by atoms with Gasteiger partial charge in [-0.05, 0) is 12.1 Å². The number of amides is 1. The van der Waals surface area contributed by atoms with E-state index in [0.29, 0.717) is 23.5 Å². The number of fused-ring (bicyclic) bond motifs is 1. The Bertz CT molecular complexity index is 374. The summed E-state index contributed by atoms with van der Waals surface area (Å²) in [5.41, 5.74) is 7.83. The number of rotatable bonds is 1. The summed E-state index contributed by atoms with van der Waals surface area (Å²) in [6.45, 7) is 0.497. The van der Waals surface area contributed by atoms with E-state index in [4.69, 9.17) is 10.5 Å². The van der Waals surface area contributed by atoms with Crippen molar-refractivity contribution >= 4 is 11.6 Å². The van der Waals surface area contributed by atoms with Gasteiger partial charge in [-0.3, -0.25) is 4.79 Å². The number of carbonyl (C=O) groups is 1. The largest absolute Gasteiger partial charge is 0.495 e. The Morgan fingerprint density at radius 3 is 3.00 bits per heavy atom. The van der Waals surface area contributed by atoms with Gasteiger partial charge < -0.3 is 15.8 Å². The molecule has 1 aromatic carbocycles. The monoisotopic (exact) mass is 178 g/mol. The molecule has 0 saturated heterocycles. The lowest BCUT2D eigenvalue weighted by atomic mass is 10.1. The van der Waals surface area contributed by atoms with Crippen LogP contribution in [0.25, 0.3) is 0 Å². The predicted octanol–water partition coefficient (Wildman–Crippen LogP) is 0.521. The molecule has 0 bridgehead atoms. The van der Waals surface area contributed by atoms with Crippen LogP contribution in [0.5, 0.6) is 5.75 Å². The van der Waals surface area contributed by atoms with Gasteiger partial charge in [0.15, 0.2) is 0 Å². The molecular formula is C9H10N2O2. The van der Waals surface area contributed by atoms with Gasteiger partial charge in [0.1, 0.15) is 5.75 Å². The van der Waals surface area contributed by atoms with Gasteiger partial charge >= 0.3 is 0 Å². The van der Waals surface area contributed by atoms with Crippen molar-refractivity contribution < 1.29 is 9.53 Å². The van der Waals surface area contributed by atoms with Crippen molar-refractivity contribution in [3.05, 3.63) is 23.3 Å². The van der Waals surface area contributed by atoms with Gasteiger partial charge in [0.2, 0.25) is 0 Å². The van der Waals surface area contributed by atoms with Crippen LogP contribution in [0.3, 0.4) is 0 Å². The summed E-state index contributed by atoms with van der Waals surface area (Å²) in [7, 11) is 1.56. The zero-order chi connectivity index (χ0) is 9.42. The minimum Gasteiger partial charge on any atom is -0.495 e. The smallest absolute Gasteiger partial charge is 0.251 e. The van der Waals surface area contributed by atoms with Crippen molar-refractivity contribution in [2.45, 2.75) is 6.54 Å². The molecule has 13 heavy (non-hydrogen) atoms. The SMILES string of the molecule is COc1ccc2c(c1N)CNC2=O. The highest BCUT2D eigenvalue weighted by Crippen LogP contribution is 2.30. The fourth-order valence-electron chi connectivity index (χ4n) is 1.49. The van der Waals surface area contributed by atoms with Crippen LogP contribution < -0.4 is 15.8 Å². The highest BCUT2D eigenvalue weighted by atomic mass is 16.5. The third kappa shape index (κ3) is 1.02. The molecule has 1 aromatic rings. The van der Waals surface area contributed by atoms with E-state index in [-0.39, 0.29) is 5.91 Å². The van der Waals surface area contributed by atoms with E-state index in [1.54, 1.807) is 19.2 Å². The number of nitrogens with two attached hydrogens (primary N) is 1. The van der Waals surface area contributed by atoms with Gasteiger partial charge in [-0.15, -0.1) is 0 Å². The summed E-state index contributed by atoms with van der Waals surface area (Å²) in [6.07, 6.45) is 0. The molecule has 0 aromatic heterocycles. The van der Waals surface area contributed by atoms with Gasteiger partial charge in [0, 0.05) is 17.7 Å². The van der Waals surface area contributed by atoms with E-state index in [9.17, 15) is 4.79 Å². The number of hydrogen-bond donors (Lipinski definition) is 2. The van der Waals surface area contributed by atoms with Crippen molar-refractivity contribution in [2.24, 2.45) is 0 Å². The molecule has 1 heterocycles. The number of carbonyl (C=O) groups excluding carboxylic acids is 1. The Hall–Kier alpha value is -1.71. The van der Waals surface area contributed by atoms with Crippen molar-refractivity contribution in [2.75, 3.05) is 12.8 Å². The van der Waals surface area contributed by atoms with Crippen molar-refractivity contribution in [3.63, 3.8) is 0 Å². The molecule has 0 fully saturated rings. The molecule has 1 aliphatic rings. The van der Waals surface area contributed by atoms with E-state index in [1.165, 1.54) is 0 Å². The number of anilines is 1. The van der Waals surface area contributed by atoms with Crippen LogP contribution in [0.1, 0.15) is 15.9 Å². The maximum Gasteiger partial charge on any atom is 0.251 e. The lowest BCUT2D eigenvalue weighted by Gasteiger charge is -2.06. The molecule has 0 radical (unpaired) electrons. The second kappa shape index (κ2) is 2.65. The first kappa shape index (κ1) is 7.91. The normalized spacial score (nSPS) is 13.8. The summed E-state index contributed by atoms with van der Waals surface area (Å²) in [5.74, 6) is 0.555. The molecule has 3 N–H and O–H groups in total. The molecule has 1 aliphatic heterocycles. The highest BCUT2D eigenvalue weighted by Gasteiger charge is 2.22. The number of benzene rings is 1.